The van der Waals surface area contributed by atoms with Gasteiger partial charge in [-0.15, -0.1) is 0 Å². The highest BCUT2D eigenvalue weighted by Crippen LogP contribution is 2.48. The van der Waals surface area contributed by atoms with Crippen LogP contribution in [0.4, 0.5) is 26.4 Å². The summed E-state index contributed by atoms with van der Waals surface area (Å²) in [5, 5.41) is 61.1. The minimum Gasteiger partial charge on any atom is -0.508 e. The number of nitrogen functional groups attached to an aromatic ring is 1. The van der Waals surface area contributed by atoms with Crippen LogP contribution in [0.25, 0.3) is 67.2 Å². The van der Waals surface area contributed by atoms with Crippen molar-refractivity contribution >= 4 is 39.7 Å². The number of phenols is 2. The molecule has 11 rings (SSSR count). The van der Waals surface area contributed by atoms with Crippen LogP contribution in [0, 0.1) is 59.0 Å². The highest BCUT2D eigenvalue weighted by molar-refractivity contribution is 6.04. The second kappa shape index (κ2) is 15.1. The first-order chi connectivity index (χ1) is 31.5. The number of aromatic hydroxyl groups is 2. The first kappa shape index (κ1) is 39.8. The number of nitrogens with zero attached hydrogens (tertiary/aromatic N) is 8. The van der Waals surface area contributed by atoms with E-state index in [-0.39, 0.29) is 91.0 Å². The Hall–Kier alpha value is -8.00. The lowest BCUT2D eigenvalue weighted by Gasteiger charge is -2.23. The Kier molecular flexibility index (Phi) is 9.24. The van der Waals surface area contributed by atoms with Gasteiger partial charge in [-0.25, -0.2) is 18.7 Å². The van der Waals surface area contributed by atoms with E-state index in [1.807, 2.05) is 17.9 Å². The van der Waals surface area contributed by atoms with Crippen LogP contribution in [0.5, 0.6) is 11.5 Å². The van der Waals surface area contributed by atoms with Gasteiger partial charge in [0, 0.05) is 85.3 Å². The second-order valence-corrected chi connectivity index (χ2v) is 16.9. The quantitative estimate of drug-likeness (QED) is 0.0849. The number of hydrogen-bond donors (Lipinski definition) is 7. The van der Waals surface area contributed by atoms with Crippen LogP contribution in [0.1, 0.15) is 34.8 Å². The van der Waals surface area contributed by atoms with Crippen LogP contribution in [-0.2, 0) is 0 Å². The largest absolute Gasteiger partial charge is 0.508 e. The fourth-order valence-corrected chi connectivity index (χ4v) is 10.0. The summed E-state index contributed by atoms with van der Waals surface area (Å²) in [6, 6.07) is 17.3. The predicted molar refractivity (Wildman–Crippen MR) is 235 cm³/mol. The standard InChI is InChI=1S/C46H39F2N13O4/c1-20-35-36(31-6-8-33(64-31)60-11-10-21(13-49)17-60)26(14-50)42(55-45(35)58-56-20)25-4-5-30(63)38(40(25)48)43-28-19-61(18-22(28)16-53-43)34-9-7-32(65-34)37-27(15-51)41(24-3-2-23(62)12-29(24)47)54-46-39(37)44(52)57-59-46/h2-9,12,21-22,28,43,53,62-63H,10-11,13,16-19,49H2,1H3,(H,55,56,58)(H3,52,54,57,59). The fourth-order valence-electron chi connectivity index (χ4n) is 10.0. The lowest BCUT2D eigenvalue weighted by Crippen LogP contribution is -2.28. The van der Waals surface area contributed by atoms with Gasteiger partial charge in [-0.1, -0.05) is 0 Å². The van der Waals surface area contributed by atoms with E-state index in [1.54, 1.807) is 18.2 Å². The zero-order valence-corrected chi connectivity index (χ0v) is 34.7. The Morgan fingerprint density at radius 1 is 0.831 bits per heavy atom. The average molecular weight is 876 g/mol. The number of halogens is 2. The molecule has 0 radical (unpaired) electrons. The van der Waals surface area contributed by atoms with Gasteiger partial charge in [-0.05, 0) is 68.1 Å². The van der Waals surface area contributed by atoms with Gasteiger partial charge in [0.05, 0.1) is 44.4 Å². The van der Waals surface area contributed by atoms with Crippen molar-refractivity contribution in [2.24, 2.45) is 23.5 Å². The van der Waals surface area contributed by atoms with Crippen LogP contribution < -0.4 is 26.6 Å². The molecule has 8 aromatic rings. The summed E-state index contributed by atoms with van der Waals surface area (Å²) in [6.45, 7) is 5.37. The molecule has 0 aliphatic carbocycles. The van der Waals surface area contributed by atoms with Crippen LogP contribution >= 0.6 is 0 Å². The monoisotopic (exact) mass is 875 g/mol. The molecule has 17 nitrogen and oxygen atoms in total. The molecule has 19 heteroatoms. The van der Waals surface area contributed by atoms with Crippen LogP contribution in [0.3, 0.4) is 0 Å². The number of H-pyrrole nitrogens is 2. The maximum atomic E-state index is 17.3. The zero-order valence-electron chi connectivity index (χ0n) is 34.7. The summed E-state index contributed by atoms with van der Waals surface area (Å²) in [6.07, 6.45) is 0.943. The third-order valence-electron chi connectivity index (χ3n) is 13.2. The number of fused-ring (bicyclic) bond motifs is 3. The van der Waals surface area contributed by atoms with E-state index in [4.69, 9.17) is 25.3 Å². The third kappa shape index (κ3) is 6.22. The number of aromatic nitrogens is 6. The molecule has 3 fully saturated rings. The van der Waals surface area contributed by atoms with Crippen LogP contribution in [0.15, 0.2) is 63.4 Å². The summed E-state index contributed by atoms with van der Waals surface area (Å²) >= 11 is 0. The number of anilines is 3. The van der Waals surface area contributed by atoms with Crippen molar-refractivity contribution in [1.82, 2.24) is 35.7 Å². The number of aromatic amines is 2. The molecule has 9 heterocycles. The minimum atomic E-state index is -0.787. The number of nitrogens with one attached hydrogen (secondary N) is 3. The van der Waals surface area contributed by atoms with Crippen molar-refractivity contribution in [2.75, 3.05) is 54.8 Å². The molecule has 65 heavy (non-hydrogen) atoms. The third-order valence-corrected chi connectivity index (χ3v) is 13.2. The van der Waals surface area contributed by atoms with Crippen LogP contribution in [0.2, 0.25) is 0 Å². The Balaban J connectivity index is 0.931. The maximum Gasteiger partial charge on any atom is 0.196 e. The topological polar surface area (TPSA) is 268 Å². The normalized spacial score (nSPS) is 19.4. The Morgan fingerprint density at radius 2 is 1.49 bits per heavy atom. The number of hydrogen-bond acceptors (Lipinski definition) is 15. The molecule has 0 amide bonds. The molecule has 9 N–H and O–H groups in total. The summed E-state index contributed by atoms with van der Waals surface area (Å²) in [7, 11) is 0. The molecule has 3 aliphatic heterocycles. The first-order valence-electron chi connectivity index (χ1n) is 21.1. The lowest BCUT2D eigenvalue weighted by molar-refractivity contribution is 0.401. The van der Waals surface area contributed by atoms with Gasteiger partial charge >= 0.3 is 0 Å². The molecule has 4 unspecified atom stereocenters. The Morgan fingerprint density at radius 3 is 2.18 bits per heavy atom. The van der Waals surface area contributed by atoms with Crippen molar-refractivity contribution in [3.8, 4) is 68.8 Å². The molecular weight excluding hydrogens is 837 g/mol. The maximum absolute atomic E-state index is 17.3. The van der Waals surface area contributed by atoms with Gasteiger partial charge in [0.1, 0.15) is 52.6 Å². The Labute approximate surface area is 367 Å². The predicted octanol–water partition coefficient (Wildman–Crippen LogP) is 6.59. The van der Waals surface area contributed by atoms with Gasteiger partial charge < -0.3 is 45.6 Å². The molecule has 326 valence electrons. The molecule has 2 aromatic carbocycles. The highest BCUT2D eigenvalue weighted by atomic mass is 19.1. The van der Waals surface area contributed by atoms with Crippen molar-refractivity contribution in [3.05, 3.63) is 88.6 Å². The van der Waals surface area contributed by atoms with E-state index in [9.17, 15) is 20.7 Å². The zero-order chi connectivity index (χ0) is 44.8. The first-order valence-corrected chi connectivity index (χ1v) is 21.1. The van der Waals surface area contributed by atoms with Gasteiger partial charge in [0.15, 0.2) is 23.1 Å². The number of pyridine rings is 2. The summed E-state index contributed by atoms with van der Waals surface area (Å²) in [4.78, 5) is 13.3. The molecule has 0 saturated carbocycles. The summed E-state index contributed by atoms with van der Waals surface area (Å²) in [5.41, 5.74) is 14.2. The van der Waals surface area contributed by atoms with Crippen molar-refractivity contribution in [2.45, 2.75) is 19.4 Å². The molecule has 6 aromatic heterocycles. The average Bonchev–Trinajstić information content (AvgIpc) is 4.16. The van der Waals surface area contributed by atoms with Crippen LogP contribution in [-0.4, -0.2) is 79.8 Å². The number of nitriles is 2. The number of nitrogens with two attached hydrogens (primary N) is 2. The van der Waals surface area contributed by atoms with E-state index < -0.39 is 17.7 Å². The van der Waals surface area contributed by atoms with Gasteiger partial charge in [0.25, 0.3) is 0 Å². The molecule has 0 spiro atoms. The van der Waals surface area contributed by atoms with Crippen molar-refractivity contribution in [3.63, 3.8) is 0 Å². The summed E-state index contributed by atoms with van der Waals surface area (Å²) in [5.74, 6) is 0.0183. The number of benzene rings is 2. The Bertz CT molecular complexity index is 3320. The SMILES string of the molecule is Cc1[nH]nc2nc(-c3ccc(O)c(C4NCC5CN(c6ccc(-c7c(C#N)c(-c8ccc(O)cc8F)nc8n[nH]c(N)c78)o6)CC54)c3F)c(C#N)c(-c3ccc(N4CCC(CN)C4)o3)c12. The van der Waals surface area contributed by atoms with Gasteiger partial charge in [-0.2, -0.15) is 20.7 Å². The van der Waals surface area contributed by atoms with E-state index in [1.165, 1.54) is 24.3 Å². The van der Waals surface area contributed by atoms with Gasteiger partial charge in [-0.3, -0.25) is 10.2 Å². The summed E-state index contributed by atoms with van der Waals surface area (Å²) < 4.78 is 45.4. The number of rotatable bonds is 8. The smallest absolute Gasteiger partial charge is 0.196 e. The minimum absolute atomic E-state index is 0.00712. The van der Waals surface area contributed by atoms with E-state index in [2.05, 4.69) is 47.7 Å². The van der Waals surface area contributed by atoms with Crippen molar-refractivity contribution in [1.29, 1.82) is 10.5 Å². The molecule has 3 aliphatic rings. The van der Waals surface area contributed by atoms with Crippen molar-refractivity contribution < 1.29 is 27.8 Å². The van der Waals surface area contributed by atoms with E-state index in [0.717, 1.165) is 25.6 Å². The number of aryl methyl sites for hydroxylation is 1. The molecular formula is C46H39F2N13O4. The van der Waals surface area contributed by atoms with E-state index >= 15 is 8.78 Å². The molecule has 0 bridgehead atoms. The number of phenolic OH excluding ortho intramolecular Hbond substituents is 2. The van der Waals surface area contributed by atoms with E-state index in [0.29, 0.717) is 71.7 Å². The lowest BCUT2D eigenvalue weighted by atomic mass is 9.87. The second-order valence-electron chi connectivity index (χ2n) is 16.9. The highest BCUT2D eigenvalue weighted by Gasteiger charge is 2.46. The molecule has 3 saturated heterocycles. The fraction of sp³-hybridized carbons (Fsp3) is 0.261. The number of furan rings is 2. The molecule has 4 atom stereocenters. The van der Waals surface area contributed by atoms with Gasteiger partial charge in [0.2, 0.25) is 0 Å².